The highest BCUT2D eigenvalue weighted by molar-refractivity contribution is 5.27. The van der Waals surface area contributed by atoms with Crippen LogP contribution in [0.5, 0.6) is 5.75 Å². The molecule has 1 heterocycles. The van der Waals surface area contributed by atoms with Crippen molar-refractivity contribution in [3.8, 4) is 5.75 Å². The molecule has 19 heavy (non-hydrogen) atoms. The number of hydrogen-bond acceptors (Lipinski definition) is 3. The van der Waals surface area contributed by atoms with Crippen molar-refractivity contribution in [2.45, 2.75) is 25.3 Å². The summed E-state index contributed by atoms with van der Waals surface area (Å²) in [5.41, 5.74) is 8.49. The Labute approximate surface area is 114 Å². The molecule has 0 radical (unpaired) electrons. The standard InChI is InChI=1S/C15H21N3O/c1-18-10-9-14(17-18)11-13(16)6-3-12-4-7-15(19-2)8-5-12/h4-5,7-10,13H,3,6,11,16H2,1-2H3. The molecule has 1 atom stereocenters. The highest BCUT2D eigenvalue weighted by atomic mass is 16.5. The molecule has 0 saturated heterocycles. The Morgan fingerprint density at radius 3 is 2.58 bits per heavy atom. The molecule has 0 amide bonds. The summed E-state index contributed by atoms with van der Waals surface area (Å²) in [6.45, 7) is 0. The predicted octanol–water partition coefficient (Wildman–Crippen LogP) is 1.93. The molecule has 0 aliphatic heterocycles. The van der Waals surface area contributed by atoms with Gasteiger partial charge in [-0.3, -0.25) is 4.68 Å². The molecular weight excluding hydrogens is 238 g/mol. The normalized spacial score (nSPS) is 12.4. The molecule has 4 heteroatoms. The molecule has 1 aromatic carbocycles. The molecule has 2 aromatic rings. The van der Waals surface area contributed by atoms with Gasteiger partial charge in [0.2, 0.25) is 0 Å². The first-order valence-electron chi connectivity index (χ1n) is 6.54. The molecule has 0 aliphatic rings. The third-order valence-corrected chi connectivity index (χ3v) is 3.20. The van der Waals surface area contributed by atoms with Gasteiger partial charge in [-0.25, -0.2) is 0 Å². The van der Waals surface area contributed by atoms with Crippen LogP contribution in [0.3, 0.4) is 0 Å². The van der Waals surface area contributed by atoms with Crippen LogP contribution in [0.1, 0.15) is 17.7 Å². The zero-order chi connectivity index (χ0) is 13.7. The van der Waals surface area contributed by atoms with Crippen molar-refractivity contribution in [1.29, 1.82) is 0 Å². The maximum Gasteiger partial charge on any atom is 0.118 e. The SMILES string of the molecule is COc1ccc(CCC(N)Cc2ccn(C)n2)cc1. The summed E-state index contributed by atoms with van der Waals surface area (Å²) in [5.74, 6) is 0.890. The van der Waals surface area contributed by atoms with Gasteiger partial charge >= 0.3 is 0 Å². The van der Waals surface area contributed by atoms with Crippen LogP contribution in [0.2, 0.25) is 0 Å². The zero-order valence-electron chi connectivity index (χ0n) is 11.5. The first-order valence-corrected chi connectivity index (χ1v) is 6.54. The van der Waals surface area contributed by atoms with E-state index in [-0.39, 0.29) is 6.04 Å². The molecule has 2 rings (SSSR count). The summed E-state index contributed by atoms with van der Waals surface area (Å²) >= 11 is 0. The van der Waals surface area contributed by atoms with Crippen LogP contribution in [0, 0.1) is 0 Å². The van der Waals surface area contributed by atoms with Gasteiger partial charge in [0.1, 0.15) is 5.75 Å². The summed E-state index contributed by atoms with van der Waals surface area (Å²) in [6.07, 6.45) is 4.73. The van der Waals surface area contributed by atoms with Crippen molar-refractivity contribution in [3.05, 3.63) is 47.8 Å². The van der Waals surface area contributed by atoms with Crippen LogP contribution in [0.15, 0.2) is 36.5 Å². The Hall–Kier alpha value is -1.81. The second kappa shape index (κ2) is 6.38. The number of ether oxygens (including phenoxy) is 1. The van der Waals surface area contributed by atoms with E-state index in [9.17, 15) is 0 Å². The smallest absolute Gasteiger partial charge is 0.118 e. The Morgan fingerprint density at radius 2 is 2.00 bits per heavy atom. The second-order valence-corrected chi connectivity index (χ2v) is 4.83. The molecule has 4 nitrogen and oxygen atoms in total. The lowest BCUT2D eigenvalue weighted by atomic mass is 10.0. The Morgan fingerprint density at radius 1 is 1.26 bits per heavy atom. The van der Waals surface area contributed by atoms with Crippen LogP contribution in [-0.4, -0.2) is 22.9 Å². The third kappa shape index (κ3) is 4.10. The summed E-state index contributed by atoms with van der Waals surface area (Å²) in [4.78, 5) is 0. The molecular formula is C15H21N3O. The molecule has 0 bridgehead atoms. The summed E-state index contributed by atoms with van der Waals surface area (Å²) in [6, 6.07) is 10.3. The van der Waals surface area contributed by atoms with Gasteiger partial charge in [0.25, 0.3) is 0 Å². The molecule has 0 spiro atoms. The predicted molar refractivity (Wildman–Crippen MR) is 76.2 cm³/mol. The molecule has 1 aromatic heterocycles. The second-order valence-electron chi connectivity index (χ2n) is 4.83. The fourth-order valence-electron chi connectivity index (χ4n) is 2.09. The minimum atomic E-state index is 0.150. The average Bonchev–Trinajstić information content (AvgIpc) is 2.82. The maximum absolute atomic E-state index is 6.14. The topological polar surface area (TPSA) is 53.1 Å². The van der Waals surface area contributed by atoms with Crippen molar-refractivity contribution in [3.63, 3.8) is 0 Å². The molecule has 0 saturated carbocycles. The first-order chi connectivity index (χ1) is 9.17. The van der Waals surface area contributed by atoms with Gasteiger partial charge in [0.15, 0.2) is 0 Å². The van der Waals surface area contributed by atoms with Crippen molar-refractivity contribution in [1.82, 2.24) is 9.78 Å². The number of methoxy groups -OCH3 is 1. The number of nitrogens with two attached hydrogens (primary N) is 1. The van der Waals surface area contributed by atoms with E-state index in [0.29, 0.717) is 0 Å². The maximum atomic E-state index is 6.14. The number of rotatable bonds is 6. The molecule has 1 unspecified atom stereocenters. The lowest BCUT2D eigenvalue weighted by Crippen LogP contribution is -2.23. The van der Waals surface area contributed by atoms with Gasteiger partial charge in [-0.1, -0.05) is 12.1 Å². The van der Waals surface area contributed by atoms with Gasteiger partial charge < -0.3 is 10.5 Å². The van der Waals surface area contributed by atoms with E-state index in [0.717, 1.165) is 30.7 Å². The average molecular weight is 259 g/mol. The number of aromatic nitrogens is 2. The summed E-state index contributed by atoms with van der Waals surface area (Å²) < 4.78 is 6.95. The van der Waals surface area contributed by atoms with E-state index >= 15 is 0 Å². The Bertz CT molecular complexity index is 504. The van der Waals surface area contributed by atoms with Gasteiger partial charge in [0.05, 0.1) is 12.8 Å². The minimum Gasteiger partial charge on any atom is -0.497 e. The van der Waals surface area contributed by atoms with E-state index in [2.05, 4.69) is 17.2 Å². The highest BCUT2D eigenvalue weighted by Gasteiger charge is 2.07. The number of aryl methyl sites for hydroxylation is 2. The van der Waals surface area contributed by atoms with Crippen molar-refractivity contribution in [2.75, 3.05) is 7.11 Å². The van der Waals surface area contributed by atoms with Crippen molar-refractivity contribution < 1.29 is 4.74 Å². The fraction of sp³-hybridized carbons (Fsp3) is 0.400. The van der Waals surface area contributed by atoms with E-state index in [1.165, 1.54) is 5.56 Å². The minimum absolute atomic E-state index is 0.150. The molecule has 2 N–H and O–H groups in total. The monoisotopic (exact) mass is 259 g/mol. The quantitative estimate of drug-likeness (QED) is 0.862. The fourth-order valence-corrected chi connectivity index (χ4v) is 2.09. The van der Waals surface area contributed by atoms with Gasteiger partial charge in [-0.05, 0) is 36.6 Å². The molecule has 0 aliphatic carbocycles. The lowest BCUT2D eigenvalue weighted by Gasteiger charge is -2.10. The van der Waals surface area contributed by atoms with Crippen LogP contribution in [-0.2, 0) is 19.9 Å². The van der Waals surface area contributed by atoms with E-state index in [1.807, 2.05) is 36.1 Å². The van der Waals surface area contributed by atoms with Gasteiger partial charge in [-0.15, -0.1) is 0 Å². The molecule has 102 valence electrons. The van der Waals surface area contributed by atoms with Crippen LogP contribution in [0.4, 0.5) is 0 Å². The largest absolute Gasteiger partial charge is 0.497 e. The third-order valence-electron chi connectivity index (χ3n) is 3.20. The first kappa shape index (κ1) is 13.6. The van der Waals surface area contributed by atoms with Crippen LogP contribution in [0.25, 0.3) is 0 Å². The lowest BCUT2D eigenvalue weighted by molar-refractivity contribution is 0.414. The molecule has 0 fully saturated rings. The Kier molecular flexibility index (Phi) is 4.58. The number of nitrogens with zero attached hydrogens (tertiary/aromatic N) is 2. The van der Waals surface area contributed by atoms with Crippen molar-refractivity contribution >= 4 is 0 Å². The summed E-state index contributed by atoms with van der Waals surface area (Å²) in [5, 5.41) is 4.35. The van der Waals surface area contributed by atoms with Gasteiger partial charge in [0, 0.05) is 25.7 Å². The summed E-state index contributed by atoms with van der Waals surface area (Å²) in [7, 11) is 3.60. The van der Waals surface area contributed by atoms with Gasteiger partial charge in [-0.2, -0.15) is 5.10 Å². The van der Waals surface area contributed by atoms with Crippen LogP contribution >= 0.6 is 0 Å². The van der Waals surface area contributed by atoms with Crippen molar-refractivity contribution in [2.24, 2.45) is 12.8 Å². The van der Waals surface area contributed by atoms with Crippen LogP contribution < -0.4 is 10.5 Å². The van der Waals surface area contributed by atoms with E-state index in [4.69, 9.17) is 10.5 Å². The number of benzene rings is 1. The Balaban J connectivity index is 1.80. The van der Waals surface area contributed by atoms with E-state index < -0.39 is 0 Å². The zero-order valence-corrected chi connectivity index (χ0v) is 11.5. The van der Waals surface area contributed by atoms with E-state index in [1.54, 1.807) is 7.11 Å². The number of hydrogen-bond donors (Lipinski definition) is 1. The highest BCUT2D eigenvalue weighted by Crippen LogP contribution is 2.13.